The molecule has 116 valence electrons. The van der Waals surface area contributed by atoms with E-state index >= 15 is 0 Å². The second-order valence-electron chi connectivity index (χ2n) is 4.56. The van der Waals surface area contributed by atoms with Gasteiger partial charge in [-0.3, -0.25) is 10.5 Å². The molecule has 0 amide bonds. The number of benzene rings is 1. The van der Waals surface area contributed by atoms with Gasteiger partial charge in [0.1, 0.15) is 5.82 Å². The smallest absolute Gasteiger partial charge is 0.165 e. The van der Waals surface area contributed by atoms with E-state index in [1.807, 2.05) is 0 Å². The van der Waals surface area contributed by atoms with E-state index in [-0.39, 0.29) is 5.82 Å². The van der Waals surface area contributed by atoms with Gasteiger partial charge in [-0.15, -0.1) is 0 Å². The zero-order valence-corrected chi connectivity index (χ0v) is 13.1. The van der Waals surface area contributed by atoms with Gasteiger partial charge in [-0.1, -0.05) is 23.2 Å². The van der Waals surface area contributed by atoms with Crippen molar-refractivity contribution in [2.45, 2.75) is 0 Å². The standard InChI is InChI=1S/C15H10Cl2FN5/c16-11-5-13(17)15(19-8-11)23-21-7-10-6-20-22-14(10)9-1-3-12(18)4-2-9/h1-8H,(H,19,23)(H,20,22). The number of anilines is 1. The van der Waals surface area contributed by atoms with E-state index in [9.17, 15) is 4.39 Å². The molecule has 0 fully saturated rings. The highest BCUT2D eigenvalue weighted by atomic mass is 35.5. The summed E-state index contributed by atoms with van der Waals surface area (Å²) < 4.78 is 13.0. The molecule has 2 N–H and O–H groups in total. The maximum atomic E-state index is 13.0. The lowest BCUT2D eigenvalue weighted by atomic mass is 10.1. The molecule has 0 radical (unpaired) electrons. The molecule has 0 aliphatic heterocycles. The van der Waals surface area contributed by atoms with Gasteiger partial charge in [0, 0.05) is 17.3 Å². The van der Waals surface area contributed by atoms with Crippen LogP contribution in [0.15, 0.2) is 47.8 Å². The third-order valence-electron chi connectivity index (χ3n) is 2.98. The summed E-state index contributed by atoms with van der Waals surface area (Å²) >= 11 is 11.8. The van der Waals surface area contributed by atoms with E-state index in [0.29, 0.717) is 15.9 Å². The van der Waals surface area contributed by atoms with Gasteiger partial charge in [0.05, 0.1) is 28.2 Å². The van der Waals surface area contributed by atoms with E-state index in [2.05, 4.69) is 25.7 Å². The summed E-state index contributed by atoms with van der Waals surface area (Å²) in [5.74, 6) is 0.0905. The summed E-state index contributed by atoms with van der Waals surface area (Å²) in [6.45, 7) is 0. The van der Waals surface area contributed by atoms with Crippen LogP contribution >= 0.6 is 23.2 Å². The number of hydrogen-bond donors (Lipinski definition) is 2. The van der Waals surface area contributed by atoms with Crippen molar-refractivity contribution in [3.8, 4) is 11.3 Å². The number of pyridine rings is 1. The van der Waals surface area contributed by atoms with Crippen molar-refractivity contribution in [3.05, 3.63) is 64.2 Å². The minimum atomic E-state index is -0.298. The van der Waals surface area contributed by atoms with E-state index in [1.54, 1.807) is 30.6 Å². The van der Waals surface area contributed by atoms with Crippen molar-refractivity contribution in [2.75, 3.05) is 5.43 Å². The van der Waals surface area contributed by atoms with Gasteiger partial charge >= 0.3 is 0 Å². The predicted octanol–water partition coefficient (Wildman–Crippen LogP) is 4.36. The molecule has 0 saturated carbocycles. The molecule has 8 heteroatoms. The number of aromatic nitrogens is 3. The minimum absolute atomic E-state index is 0.298. The van der Waals surface area contributed by atoms with Crippen LogP contribution in [0.5, 0.6) is 0 Å². The lowest BCUT2D eigenvalue weighted by molar-refractivity contribution is 0.628. The van der Waals surface area contributed by atoms with Gasteiger partial charge in [-0.2, -0.15) is 10.2 Å². The van der Waals surface area contributed by atoms with Gasteiger partial charge in [-0.05, 0) is 30.3 Å². The predicted molar refractivity (Wildman–Crippen MR) is 89.5 cm³/mol. The Morgan fingerprint density at radius 3 is 2.70 bits per heavy atom. The second kappa shape index (κ2) is 6.76. The molecular formula is C15H10Cl2FN5. The van der Waals surface area contributed by atoms with E-state index < -0.39 is 0 Å². The van der Waals surface area contributed by atoms with Gasteiger partial charge in [0.25, 0.3) is 0 Å². The Labute approximate surface area is 141 Å². The molecule has 0 spiro atoms. The number of nitrogens with one attached hydrogen (secondary N) is 2. The summed E-state index contributed by atoms with van der Waals surface area (Å²) in [5.41, 5.74) is 4.99. The molecule has 1 aromatic carbocycles. The van der Waals surface area contributed by atoms with Crippen molar-refractivity contribution < 1.29 is 4.39 Å². The monoisotopic (exact) mass is 349 g/mol. The lowest BCUT2D eigenvalue weighted by Crippen LogP contribution is -1.94. The minimum Gasteiger partial charge on any atom is -0.277 e. The van der Waals surface area contributed by atoms with Crippen molar-refractivity contribution in [2.24, 2.45) is 5.10 Å². The van der Waals surface area contributed by atoms with Crippen LogP contribution < -0.4 is 5.43 Å². The largest absolute Gasteiger partial charge is 0.277 e. The summed E-state index contributed by atoms with van der Waals surface area (Å²) in [5, 5.41) is 11.7. The summed E-state index contributed by atoms with van der Waals surface area (Å²) in [4.78, 5) is 4.03. The Bertz CT molecular complexity index is 845. The van der Waals surface area contributed by atoms with Gasteiger partial charge < -0.3 is 0 Å². The Balaban J connectivity index is 1.78. The van der Waals surface area contributed by atoms with E-state index in [0.717, 1.165) is 16.8 Å². The Kier molecular flexibility index (Phi) is 4.55. The highest BCUT2D eigenvalue weighted by Gasteiger charge is 2.06. The molecule has 2 heterocycles. The molecule has 0 unspecified atom stereocenters. The molecular weight excluding hydrogens is 340 g/mol. The summed E-state index contributed by atoms with van der Waals surface area (Å²) in [6.07, 6.45) is 4.64. The maximum Gasteiger partial charge on any atom is 0.165 e. The molecule has 23 heavy (non-hydrogen) atoms. The third kappa shape index (κ3) is 3.67. The number of nitrogens with zero attached hydrogens (tertiary/aromatic N) is 3. The first-order valence-corrected chi connectivity index (χ1v) is 7.28. The first kappa shape index (κ1) is 15.5. The zero-order valence-electron chi connectivity index (χ0n) is 11.6. The number of rotatable bonds is 4. The molecule has 0 atom stereocenters. The van der Waals surface area contributed by atoms with Gasteiger partial charge in [-0.25, -0.2) is 9.37 Å². The fourth-order valence-electron chi connectivity index (χ4n) is 1.90. The average Bonchev–Trinajstić information content (AvgIpc) is 2.99. The van der Waals surface area contributed by atoms with Crippen LogP contribution in [0.4, 0.5) is 10.2 Å². The van der Waals surface area contributed by atoms with E-state index in [4.69, 9.17) is 23.2 Å². The van der Waals surface area contributed by atoms with Crippen LogP contribution in [0.2, 0.25) is 10.0 Å². The summed E-state index contributed by atoms with van der Waals surface area (Å²) in [7, 11) is 0. The van der Waals surface area contributed by atoms with Crippen molar-refractivity contribution in [3.63, 3.8) is 0 Å². The Morgan fingerprint density at radius 2 is 1.96 bits per heavy atom. The molecule has 2 aromatic heterocycles. The second-order valence-corrected chi connectivity index (χ2v) is 5.40. The molecule has 3 rings (SSSR count). The summed E-state index contributed by atoms with van der Waals surface area (Å²) in [6, 6.07) is 7.64. The fraction of sp³-hybridized carbons (Fsp3) is 0. The quantitative estimate of drug-likeness (QED) is 0.543. The van der Waals surface area contributed by atoms with Crippen molar-refractivity contribution in [1.29, 1.82) is 0 Å². The van der Waals surface area contributed by atoms with Gasteiger partial charge in [0.15, 0.2) is 5.82 Å². The molecule has 5 nitrogen and oxygen atoms in total. The fourth-order valence-corrected chi connectivity index (χ4v) is 2.32. The van der Waals surface area contributed by atoms with Crippen LogP contribution in [-0.2, 0) is 0 Å². The van der Waals surface area contributed by atoms with Gasteiger partial charge in [0.2, 0.25) is 0 Å². The highest BCUT2D eigenvalue weighted by Crippen LogP contribution is 2.23. The van der Waals surface area contributed by atoms with Crippen LogP contribution in [0.3, 0.4) is 0 Å². The molecule has 0 aliphatic rings. The first-order chi connectivity index (χ1) is 11.1. The topological polar surface area (TPSA) is 66.0 Å². The number of hydrogen-bond acceptors (Lipinski definition) is 4. The first-order valence-electron chi connectivity index (χ1n) is 6.53. The number of halogens is 3. The zero-order chi connectivity index (χ0) is 16.2. The molecule has 3 aromatic rings. The van der Waals surface area contributed by atoms with Crippen molar-refractivity contribution in [1.82, 2.24) is 15.2 Å². The van der Waals surface area contributed by atoms with E-state index in [1.165, 1.54) is 18.3 Å². The van der Waals surface area contributed by atoms with Crippen LogP contribution in [0.25, 0.3) is 11.3 Å². The Hall–Kier alpha value is -2.44. The highest BCUT2D eigenvalue weighted by molar-refractivity contribution is 6.35. The third-order valence-corrected chi connectivity index (χ3v) is 3.48. The Morgan fingerprint density at radius 1 is 1.17 bits per heavy atom. The molecule has 0 aliphatic carbocycles. The lowest BCUT2D eigenvalue weighted by Gasteiger charge is -2.02. The molecule has 0 saturated heterocycles. The maximum absolute atomic E-state index is 13.0. The normalized spacial score (nSPS) is 11.1. The number of hydrazone groups is 1. The number of aromatic amines is 1. The van der Waals surface area contributed by atoms with Crippen LogP contribution in [0.1, 0.15) is 5.56 Å². The SMILES string of the molecule is Fc1ccc(-c2[nH]ncc2C=NNc2ncc(Cl)cc2Cl)cc1. The number of H-pyrrole nitrogens is 1. The molecule has 0 bridgehead atoms. The van der Waals surface area contributed by atoms with Crippen molar-refractivity contribution >= 4 is 35.2 Å². The van der Waals surface area contributed by atoms with Crippen LogP contribution in [-0.4, -0.2) is 21.4 Å². The average molecular weight is 350 g/mol. The van der Waals surface area contributed by atoms with Crippen LogP contribution in [0, 0.1) is 5.82 Å².